The van der Waals surface area contributed by atoms with Crippen LogP contribution in [-0.2, 0) is 10.5 Å². The van der Waals surface area contributed by atoms with E-state index in [1.165, 1.54) is 18.9 Å². The number of pyridine rings is 1. The number of aromatic nitrogens is 3. The molecule has 0 fully saturated rings. The minimum absolute atomic E-state index is 0.417. The van der Waals surface area contributed by atoms with E-state index in [9.17, 15) is 4.79 Å². The summed E-state index contributed by atoms with van der Waals surface area (Å²) in [6, 6.07) is 3.28. The molecule has 0 aliphatic heterocycles. The van der Waals surface area contributed by atoms with Crippen LogP contribution in [0, 0.1) is 6.92 Å². The number of esters is 1. The molecule has 0 atom stereocenters. The summed E-state index contributed by atoms with van der Waals surface area (Å²) in [6.45, 7) is 1.71. The van der Waals surface area contributed by atoms with E-state index >= 15 is 0 Å². The molecule has 23 heavy (non-hydrogen) atoms. The van der Waals surface area contributed by atoms with Crippen LogP contribution in [0.2, 0.25) is 10.0 Å². The number of carbonyl (C=O) groups is 1. The number of nitrogens with zero attached hydrogens (tertiary/aromatic N) is 3. The highest BCUT2D eigenvalue weighted by Crippen LogP contribution is 2.28. The maximum absolute atomic E-state index is 11.6. The highest BCUT2D eigenvalue weighted by atomic mass is 35.5. The monoisotopic (exact) mass is 371 g/mol. The second kappa shape index (κ2) is 6.43. The zero-order valence-corrected chi connectivity index (χ0v) is 14.5. The molecule has 0 spiro atoms. The number of hydrogen-bond donors (Lipinski definition) is 0. The number of furan rings is 1. The number of halogens is 2. The molecule has 0 saturated carbocycles. The molecule has 0 bridgehead atoms. The number of carbonyl (C=O) groups excluding carboxylic acids is 1. The topological polar surface area (TPSA) is 69.6 Å². The number of fused-ring (bicyclic) bond motifs is 1. The van der Waals surface area contributed by atoms with Crippen molar-refractivity contribution in [3.05, 3.63) is 45.5 Å². The van der Waals surface area contributed by atoms with Crippen molar-refractivity contribution in [2.45, 2.75) is 17.8 Å². The Labute approximate surface area is 145 Å². The molecular formula is C14H11Cl2N3O3S. The Morgan fingerprint density at radius 2 is 2.17 bits per heavy atom. The van der Waals surface area contributed by atoms with Gasteiger partial charge in [0.1, 0.15) is 17.1 Å². The van der Waals surface area contributed by atoms with Crippen molar-refractivity contribution < 1.29 is 13.9 Å². The Balaban J connectivity index is 1.83. The van der Waals surface area contributed by atoms with Crippen molar-refractivity contribution in [1.29, 1.82) is 0 Å². The van der Waals surface area contributed by atoms with Crippen molar-refractivity contribution in [2.24, 2.45) is 0 Å². The van der Waals surface area contributed by atoms with Crippen molar-refractivity contribution in [1.82, 2.24) is 14.6 Å². The van der Waals surface area contributed by atoms with Gasteiger partial charge in [0.25, 0.3) is 0 Å². The molecule has 0 radical (unpaired) electrons. The highest BCUT2D eigenvalue weighted by Gasteiger charge is 2.17. The Kier molecular flexibility index (Phi) is 4.52. The molecule has 0 aromatic carbocycles. The fraction of sp³-hybridized carbons (Fsp3) is 0.214. The van der Waals surface area contributed by atoms with Crippen LogP contribution in [0.1, 0.15) is 21.9 Å². The molecule has 0 aliphatic rings. The van der Waals surface area contributed by atoms with Gasteiger partial charge in [-0.1, -0.05) is 35.0 Å². The average Bonchev–Trinajstić information content (AvgIpc) is 3.08. The molecule has 9 heteroatoms. The third-order valence-electron chi connectivity index (χ3n) is 3.11. The van der Waals surface area contributed by atoms with Crippen molar-refractivity contribution in [3.8, 4) is 0 Å². The third-order valence-corrected chi connectivity index (χ3v) is 4.56. The van der Waals surface area contributed by atoms with Crippen LogP contribution in [0.4, 0.5) is 0 Å². The Bertz CT molecular complexity index is 891. The van der Waals surface area contributed by atoms with E-state index in [0.29, 0.717) is 43.7 Å². The first kappa shape index (κ1) is 16.2. The van der Waals surface area contributed by atoms with Crippen LogP contribution in [0.3, 0.4) is 0 Å². The van der Waals surface area contributed by atoms with Gasteiger partial charge in [-0.05, 0) is 19.1 Å². The Morgan fingerprint density at radius 1 is 1.39 bits per heavy atom. The van der Waals surface area contributed by atoms with E-state index in [4.69, 9.17) is 32.4 Å². The molecule has 0 amide bonds. The lowest BCUT2D eigenvalue weighted by Gasteiger charge is -2.00. The summed E-state index contributed by atoms with van der Waals surface area (Å²) in [5.41, 5.74) is 0.949. The van der Waals surface area contributed by atoms with Gasteiger partial charge in [-0.15, -0.1) is 10.2 Å². The normalized spacial score (nSPS) is 11.1. The van der Waals surface area contributed by atoms with E-state index in [1.54, 1.807) is 29.7 Å². The number of thioether (sulfide) groups is 1. The highest BCUT2D eigenvalue weighted by molar-refractivity contribution is 7.98. The minimum Gasteiger partial charge on any atom is -0.465 e. The van der Waals surface area contributed by atoms with Crippen LogP contribution in [-0.4, -0.2) is 27.7 Å². The molecule has 3 aromatic heterocycles. The summed E-state index contributed by atoms with van der Waals surface area (Å²) in [6.07, 6.45) is 1.69. The lowest BCUT2D eigenvalue weighted by atomic mass is 10.2. The Morgan fingerprint density at radius 3 is 2.91 bits per heavy atom. The lowest BCUT2D eigenvalue weighted by molar-refractivity contribution is 0.0599. The largest absolute Gasteiger partial charge is 0.465 e. The zero-order chi connectivity index (χ0) is 16.6. The summed E-state index contributed by atoms with van der Waals surface area (Å²) in [7, 11) is 1.33. The van der Waals surface area contributed by atoms with Gasteiger partial charge in [0, 0.05) is 6.20 Å². The summed E-state index contributed by atoms with van der Waals surface area (Å²) in [5, 5.41) is 9.67. The molecule has 3 aromatic rings. The second-order valence-electron chi connectivity index (χ2n) is 4.65. The minimum atomic E-state index is -0.422. The van der Waals surface area contributed by atoms with Gasteiger partial charge < -0.3 is 9.15 Å². The van der Waals surface area contributed by atoms with Gasteiger partial charge in [0.05, 0.1) is 22.9 Å². The van der Waals surface area contributed by atoms with E-state index in [-0.39, 0.29) is 0 Å². The third kappa shape index (κ3) is 3.17. The molecule has 0 N–H and O–H groups in total. The number of rotatable bonds is 4. The van der Waals surface area contributed by atoms with Crippen LogP contribution < -0.4 is 0 Å². The predicted molar refractivity (Wildman–Crippen MR) is 87.4 cm³/mol. The quantitative estimate of drug-likeness (QED) is 0.509. The van der Waals surface area contributed by atoms with Gasteiger partial charge in [-0.2, -0.15) is 0 Å². The second-order valence-corrected chi connectivity index (χ2v) is 6.43. The van der Waals surface area contributed by atoms with E-state index in [1.807, 2.05) is 0 Å². The average molecular weight is 372 g/mol. The number of aryl methyl sites for hydroxylation is 1. The molecule has 3 rings (SSSR count). The molecule has 3 heterocycles. The van der Waals surface area contributed by atoms with Crippen LogP contribution in [0.5, 0.6) is 0 Å². The lowest BCUT2D eigenvalue weighted by Crippen LogP contribution is -2.00. The maximum atomic E-state index is 11.6. The first-order chi connectivity index (χ1) is 11.0. The van der Waals surface area contributed by atoms with Gasteiger partial charge in [-0.3, -0.25) is 4.40 Å². The van der Waals surface area contributed by atoms with E-state index < -0.39 is 5.97 Å². The standard InChI is InChI=1S/C14H11Cl2N3O3S/c1-7-10(13(20)21-2)4-9(22-7)6-23-14-18-17-12-11(16)3-8(15)5-19(12)14/h3-5H,6H2,1-2H3. The smallest absolute Gasteiger partial charge is 0.341 e. The van der Waals surface area contributed by atoms with Crippen molar-refractivity contribution in [3.63, 3.8) is 0 Å². The van der Waals surface area contributed by atoms with Gasteiger partial charge >= 0.3 is 5.97 Å². The first-order valence-electron chi connectivity index (χ1n) is 6.50. The fourth-order valence-electron chi connectivity index (χ4n) is 2.06. The summed E-state index contributed by atoms with van der Waals surface area (Å²) >= 11 is 13.5. The molecule has 0 saturated heterocycles. The van der Waals surface area contributed by atoms with Crippen LogP contribution >= 0.6 is 35.0 Å². The Hall–Kier alpha value is -1.70. The SMILES string of the molecule is COC(=O)c1cc(CSc2nnc3c(Cl)cc(Cl)cn23)oc1C. The van der Waals surface area contributed by atoms with Gasteiger partial charge in [-0.25, -0.2) is 4.79 Å². The van der Waals surface area contributed by atoms with Crippen LogP contribution in [0.25, 0.3) is 5.65 Å². The summed E-state index contributed by atoms with van der Waals surface area (Å²) in [5.74, 6) is 1.21. The molecule has 0 unspecified atom stereocenters. The number of ether oxygens (including phenoxy) is 1. The van der Waals surface area contributed by atoms with Crippen molar-refractivity contribution in [2.75, 3.05) is 7.11 Å². The first-order valence-corrected chi connectivity index (χ1v) is 8.24. The molecule has 0 aliphatic carbocycles. The molecular weight excluding hydrogens is 361 g/mol. The fourth-order valence-corrected chi connectivity index (χ4v) is 3.36. The number of hydrogen-bond acceptors (Lipinski definition) is 6. The van der Waals surface area contributed by atoms with Gasteiger partial charge in [0.2, 0.25) is 0 Å². The molecule has 120 valence electrons. The van der Waals surface area contributed by atoms with E-state index in [2.05, 4.69) is 10.2 Å². The predicted octanol–water partition coefficient (Wildman–Crippen LogP) is 4.02. The summed E-state index contributed by atoms with van der Waals surface area (Å²) in [4.78, 5) is 11.6. The maximum Gasteiger partial charge on any atom is 0.341 e. The summed E-state index contributed by atoms with van der Waals surface area (Å²) < 4.78 is 12.0. The zero-order valence-electron chi connectivity index (χ0n) is 12.2. The van der Waals surface area contributed by atoms with Crippen LogP contribution in [0.15, 0.2) is 27.9 Å². The number of methoxy groups -OCH3 is 1. The van der Waals surface area contributed by atoms with Crippen molar-refractivity contribution >= 4 is 46.6 Å². The molecule has 6 nitrogen and oxygen atoms in total. The van der Waals surface area contributed by atoms with E-state index in [0.717, 1.165) is 0 Å². The van der Waals surface area contributed by atoms with Gasteiger partial charge in [0.15, 0.2) is 10.8 Å².